The molecule has 0 aliphatic rings. The van der Waals surface area contributed by atoms with Crippen molar-refractivity contribution in [2.45, 2.75) is 19.2 Å². The molecule has 2 unspecified atom stereocenters. The summed E-state index contributed by atoms with van der Waals surface area (Å²) in [5.74, 6) is 0.977. The van der Waals surface area contributed by atoms with Gasteiger partial charge in [0.25, 0.3) is 0 Å². The first-order valence-corrected chi connectivity index (χ1v) is 7.33. The Labute approximate surface area is 72.0 Å². The predicted molar refractivity (Wildman–Crippen MR) is 51.1 cm³/mol. The molecule has 0 nitrogen and oxygen atoms in total. The lowest BCUT2D eigenvalue weighted by Crippen LogP contribution is -1.91. The van der Waals surface area contributed by atoms with Crippen LogP contribution in [0.15, 0.2) is 0 Å². The van der Waals surface area contributed by atoms with Gasteiger partial charge in [0.05, 0.1) is 0 Å². The van der Waals surface area contributed by atoms with Crippen molar-refractivity contribution < 1.29 is 0 Å². The Bertz CT molecular complexity index is 70.0. The van der Waals surface area contributed by atoms with Crippen LogP contribution in [-0.4, -0.2) is 17.3 Å². The van der Waals surface area contributed by atoms with Crippen LogP contribution in [0.1, 0.15) is 13.8 Å². The first-order chi connectivity index (χ1) is 4.16. The van der Waals surface area contributed by atoms with Gasteiger partial charge in [0.2, 0.25) is 0 Å². The molecule has 0 N–H and O–H groups in total. The van der Waals surface area contributed by atoms with E-state index in [0.29, 0.717) is 0 Å². The van der Waals surface area contributed by atoms with E-state index in [1.165, 1.54) is 0 Å². The lowest BCUT2D eigenvalue weighted by Gasteiger charge is -2.05. The lowest BCUT2D eigenvalue weighted by molar-refractivity contribution is 1.12. The van der Waals surface area contributed by atoms with Crippen molar-refractivity contribution in [1.82, 2.24) is 0 Å². The Morgan fingerprint density at radius 1 is 1.67 bits per heavy atom. The summed E-state index contributed by atoms with van der Waals surface area (Å²) in [5.41, 5.74) is 0. The van der Waals surface area contributed by atoms with Crippen LogP contribution >= 0.6 is 40.7 Å². The number of alkyl halides is 1. The van der Waals surface area contributed by atoms with Crippen LogP contribution in [0.2, 0.25) is 0 Å². The molecular weight excluding hydrogens is 194 g/mol. The third-order valence-electron chi connectivity index (χ3n) is 0.693. The molecular formula is C5H11Cl2PS. The zero-order valence-electron chi connectivity index (χ0n) is 5.60. The van der Waals surface area contributed by atoms with Crippen molar-refractivity contribution >= 4 is 40.7 Å². The zero-order chi connectivity index (χ0) is 7.28. The van der Waals surface area contributed by atoms with Crippen molar-refractivity contribution in [2.75, 3.05) is 11.9 Å². The molecule has 0 bridgehead atoms. The SMILES string of the molecule is CCP(Cl)SCC(C)Cl. The molecule has 0 aromatic rings. The minimum atomic E-state index is -0.306. The fraction of sp³-hybridized carbons (Fsp3) is 1.00. The number of halogens is 2. The molecule has 0 aromatic carbocycles. The Morgan fingerprint density at radius 2 is 2.22 bits per heavy atom. The normalized spacial score (nSPS) is 17.3. The quantitative estimate of drug-likeness (QED) is 0.495. The molecule has 0 spiro atoms. The standard InChI is InChI=1S/C5H11Cl2PS/c1-3-8(7)9-4-5(2)6/h5H,3-4H2,1-2H3. The van der Waals surface area contributed by atoms with Crippen molar-refractivity contribution in [2.24, 2.45) is 0 Å². The van der Waals surface area contributed by atoms with Gasteiger partial charge in [-0.2, -0.15) is 0 Å². The van der Waals surface area contributed by atoms with Crippen molar-refractivity contribution in [1.29, 1.82) is 0 Å². The van der Waals surface area contributed by atoms with Crippen LogP contribution in [0.25, 0.3) is 0 Å². The highest BCUT2D eigenvalue weighted by Gasteiger charge is 2.03. The van der Waals surface area contributed by atoms with Gasteiger partial charge in [0, 0.05) is 17.6 Å². The molecule has 2 atom stereocenters. The van der Waals surface area contributed by atoms with E-state index in [-0.39, 0.29) is 11.9 Å². The van der Waals surface area contributed by atoms with Gasteiger partial charge in [-0.05, 0) is 13.1 Å². The molecule has 0 aromatic heterocycles. The minimum Gasteiger partial charge on any atom is -0.122 e. The van der Waals surface area contributed by atoms with Gasteiger partial charge in [0.1, 0.15) is 0 Å². The van der Waals surface area contributed by atoms with Crippen molar-refractivity contribution in [3.05, 3.63) is 0 Å². The molecule has 0 aliphatic heterocycles. The summed E-state index contributed by atoms with van der Waals surface area (Å²) < 4.78 is 0. The van der Waals surface area contributed by atoms with E-state index in [1.807, 2.05) is 6.92 Å². The largest absolute Gasteiger partial charge is 0.122 e. The molecule has 9 heavy (non-hydrogen) atoms. The third-order valence-corrected chi connectivity index (χ3v) is 6.11. The summed E-state index contributed by atoms with van der Waals surface area (Å²) in [7, 11) is 0. The summed E-state index contributed by atoms with van der Waals surface area (Å²) in [5, 5.41) is 0.255. The minimum absolute atomic E-state index is 0.255. The topological polar surface area (TPSA) is 0 Å². The monoisotopic (exact) mass is 204 g/mol. The molecule has 0 radical (unpaired) electrons. The molecule has 0 saturated carbocycles. The summed E-state index contributed by atoms with van der Waals surface area (Å²) >= 11 is 13.4. The van der Waals surface area contributed by atoms with Crippen LogP contribution in [0.5, 0.6) is 0 Å². The Balaban J connectivity index is 3.06. The predicted octanol–water partition coefficient (Wildman–Crippen LogP) is 3.92. The van der Waals surface area contributed by atoms with Gasteiger partial charge < -0.3 is 0 Å². The summed E-state index contributed by atoms with van der Waals surface area (Å²) in [6, 6.07) is 0. The van der Waals surface area contributed by atoms with E-state index in [0.717, 1.165) is 11.9 Å². The fourth-order valence-corrected chi connectivity index (χ4v) is 3.49. The van der Waals surface area contributed by atoms with Crippen LogP contribution in [-0.2, 0) is 0 Å². The smallest absolute Gasteiger partial charge is 0.0490 e. The van der Waals surface area contributed by atoms with Crippen LogP contribution in [0, 0.1) is 0 Å². The average Bonchev–Trinajstić information content (AvgIpc) is 1.83. The zero-order valence-corrected chi connectivity index (χ0v) is 8.83. The molecule has 0 amide bonds. The van der Waals surface area contributed by atoms with Gasteiger partial charge >= 0.3 is 0 Å². The third kappa shape index (κ3) is 7.25. The maximum atomic E-state index is 5.88. The Hall–Kier alpha value is 1.36. The highest BCUT2D eigenvalue weighted by molar-refractivity contribution is 8.62. The molecule has 0 fully saturated rings. The van der Waals surface area contributed by atoms with Gasteiger partial charge in [-0.1, -0.05) is 18.2 Å². The van der Waals surface area contributed by atoms with Crippen molar-refractivity contribution in [3.8, 4) is 0 Å². The molecule has 0 rings (SSSR count). The molecule has 0 heterocycles. The highest BCUT2D eigenvalue weighted by Crippen LogP contribution is 2.54. The van der Waals surface area contributed by atoms with E-state index < -0.39 is 0 Å². The molecule has 4 heteroatoms. The Kier molecular flexibility index (Phi) is 7.02. The molecule has 0 saturated heterocycles. The summed E-state index contributed by atoms with van der Waals surface area (Å²) in [6.07, 6.45) is 1.07. The van der Waals surface area contributed by atoms with Gasteiger partial charge in [-0.15, -0.1) is 23.0 Å². The van der Waals surface area contributed by atoms with Gasteiger partial charge in [-0.3, -0.25) is 0 Å². The second-order valence-electron chi connectivity index (χ2n) is 1.71. The molecule has 56 valence electrons. The van der Waals surface area contributed by atoms with E-state index in [9.17, 15) is 0 Å². The van der Waals surface area contributed by atoms with Crippen LogP contribution < -0.4 is 0 Å². The first kappa shape index (κ1) is 10.4. The Morgan fingerprint density at radius 3 is 2.56 bits per heavy atom. The highest BCUT2D eigenvalue weighted by atomic mass is 35.7. The maximum Gasteiger partial charge on any atom is 0.0490 e. The summed E-state index contributed by atoms with van der Waals surface area (Å²) in [6.45, 7) is 3.79. The van der Waals surface area contributed by atoms with E-state index >= 15 is 0 Å². The van der Waals surface area contributed by atoms with Crippen LogP contribution in [0.3, 0.4) is 0 Å². The number of hydrogen-bond donors (Lipinski definition) is 0. The van der Waals surface area contributed by atoms with Crippen molar-refractivity contribution in [3.63, 3.8) is 0 Å². The van der Waals surface area contributed by atoms with E-state index in [4.69, 9.17) is 22.8 Å². The lowest BCUT2D eigenvalue weighted by atomic mass is 10.6. The number of hydrogen-bond acceptors (Lipinski definition) is 1. The van der Waals surface area contributed by atoms with Crippen LogP contribution in [0.4, 0.5) is 0 Å². The van der Waals surface area contributed by atoms with Gasteiger partial charge in [0.15, 0.2) is 0 Å². The summed E-state index contributed by atoms with van der Waals surface area (Å²) in [4.78, 5) is 0. The second-order valence-corrected chi connectivity index (χ2v) is 8.24. The average molecular weight is 205 g/mol. The first-order valence-electron chi connectivity index (χ1n) is 2.87. The number of rotatable bonds is 4. The second kappa shape index (κ2) is 6.09. The van der Waals surface area contributed by atoms with E-state index in [1.54, 1.807) is 11.4 Å². The van der Waals surface area contributed by atoms with Gasteiger partial charge in [-0.25, -0.2) is 0 Å². The van der Waals surface area contributed by atoms with E-state index in [2.05, 4.69) is 6.92 Å². The maximum absolute atomic E-state index is 5.88. The molecule has 0 aliphatic carbocycles. The fourth-order valence-electron chi connectivity index (χ4n) is 0.275.